The molecule has 2 heterocycles. The molecule has 2 aromatic heterocycles. The molecule has 0 unspecified atom stereocenters. The normalized spacial score (nSPS) is 11.9. The van der Waals surface area contributed by atoms with E-state index in [0.717, 1.165) is 5.69 Å². The zero-order valence-corrected chi connectivity index (χ0v) is 12.3. The SMILES string of the molecule is CCn1cc(S(=O)(=O)NCCc2ccn(C)n2)c(N)n1. The lowest BCUT2D eigenvalue weighted by atomic mass is 10.3. The number of nitrogens with two attached hydrogens (primary N) is 1. The van der Waals surface area contributed by atoms with Crippen molar-refractivity contribution in [1.82, 2.24) is 24.3 Å². The van der Waals surface area contributed by atoms with Crippen LogP contribution in [0.2, 0.25) is 0 Å². The highest BCUT2D eigenvalue weighted by Crippen LogP contribution is 2.15. The molecule has 0 amide bonds. The van der Waals surface area contributed by atoms with Crippen molar-refractivity contribution in [3.05, 3.63) is 24.2 Å². The summed E-state index contributed by atoms with van der Waals surface area (Å²) in [6.07, 6.45) is 3.76. The summed E-state index contributed by atoms with van der Waals surface area (Å²) in [6, 6.07) is 1.85. The van der Waals surface area contributed by atoms with Crippen molar-refractivity contribution in [1.29, 1.82) is 0 Å². The molecule has 20 heavy (non-hydrogen) atoms. The number of aromatic nitrogens is 4. The second-order valence-corrected chi connectivity index (χ2v) is 6.10. The first-order valence-electron chi connectivity index (χ1n) is 6.23. The zero-order valence-electron chi connectivity index (χ0n) is 11.4. The van der Waals surface area contributed by atoms with E-state index in [1.807, 2.05) is 26.2 Å². The summed E-state index contributed by atoms with van der Waals surface area (Å²) in [6.45, 7) is 2.68. The summed E-state index contributed by atoms with van der Waals surface area (Å²) >= 11 is 0. The van der Waals surface area contributed by atoms with Gasteiger partial charge in [-0.15, -0.1) is 0 Å². The Bertz CT molecular complexity index is 688. The van der Waals surface area contributed by atoms with Crippen molar-refractivity contribution in [3.63, 3.8) is 0 Å². The number of sulfonamides is 1. The molecule has 2 aromatic rings. The lowest BCUT2D eigenvalue weighted by Gasteiger charge is -2.04. The number of hydrogen-bond acceptors (Lipinski definition) is 5. The lowest BCUT2D eigenvalue weighted by Crippen LogP contribution is -2.26. The summed E-state index contributed by atoms with van der Waals surface area (Å²) in [5.41, 5.74) is 6.45. The van der Waals surface area contributed by atoms with E-state index < -0.39 is 10.0 Å². The van der Waals surface area contributed by atoms with Crippen molar-refractivity contribution in [2.75, 3.05) is 12.3 Å². The van der Waals surface area contributed by atoms with Crippen LogP contribution in [-0.4, -0.2) is 34.5 Å². The van der Waals surface area contributed by atoms with Crippen molar-refractivity contribution in [2.45, 2.75) is 24.8 Å². The van der Waals surface area contributed by atoms with E-state index in [1.165, 1.54) is 10.9 Å². The maximum atomic E-state index is 12.1. The van der Waals surface area contributed by atoms with Gasteiger partial charge in [0.25, 0.3) is 0 Å². The van der Waals surface area contributed by atoms with E-state index in [9.17, 15) is 8.42 Å². The zero-order chi connectivity index (χ0) is 14.8. The van der Waals surface area contributed by atoms with Gasteiger partial charge in [0.15, 0.2) is 5.82 Å². The largest absolute Gasteiger partial charge is 0.381 e. The van der Waals surface area contributed by atoms with Gasteiger partial charge in [-0.25, -0.2) is 13.1 Å². The second-order valence-electron chi connectivity index (χ2n) is 4.36. The molecular formula is C11H18N6O2S. The highest BCUT2D eigenvalue weighted by atomic mass is 32.2. The molecular weight excluding hydrogens is 280 g/mol. The van der Waals surface area contributed by atoms with Crippen LogP contribution in [-0.2, 0) is 30.0 Å². The Labute approximate surface area is 117 Å². The predicted molar refractivity (Wildman–Crippen MR) is 74.4 cm³/mol. The summed E-state index contributed by atoms with van der Waals surface area (Å²) in [7, 11) is -1.82. The molecule has 0 spiro atoms. The van der Waals surface area contributed by atoms with Crippen LogP contribution < -0.4 is 10.5 Å². The van der Waals surface area contributed by atoms with Gasteiger partial charge in [0.2, 0.25) is 10.0 Å². The van der Waals surface area contributed by atoms with Crippen molar-refractivity contribution >= 4 is 15.8 Å². The average Bonchev–Trinajstić information content (AvgIpc) is 2.95. The minimum atomic E-state index is -3.64. The molecule has 0 saturated carbocycles. The fourth-order valence-corrected chi connectivity index (χ4v) is 2.88. The van der Waals surface area contributed by atoms with Crippen LogP contribution in [0.4, 0.5) is 5.82 Å². The first-order valence-corrected chi connectivity index (χ1v) is 7.72. The molecule has 0 bridgehead atoms. The van der Waals surface area contributed by atoms with E-state index in [-0.39, 0.29) is 17.3 Å². The Balaban J connectivity index is 2.01. The van der Waals surface area contributed by atoms with Crippen LogP contribution in [0.1, 0.15) is 12.6 Å². The van der Waals surface area contributed by atoms with Gasteiger partial charge in [-0.05, 0) is 13.0 Å². The van der Waals surface area contributed by atoms with Crippen LogP contribution in [0, 0.1) is 0 Å². The monoisotopic (exact) mass is 298 g/mol. The second kappa shape index (κ2) is 5.63. The van der Waals surface area contributed by atoms with Crippen LogP contribution in [0.3, 0.4) is 0 Å². The van der Waals surface area contributed by atoms with E-state index in [4.69, 9.17) is 5.73 Å². The number of nitrogen functional groups attached to an aromatic ring is 1. The fraction of sp³-hybridized carbons (Fsp3) is 0.455. The predicted octanol–water partition coefficient (Wildman–Crippen LogP) is -0.260. The molecule has 2 rings (SSSR count). The highest BCUT2D eigenvalue weighted by Gasteiger charge is 2.20. The molecule has 0 aliphatic rings. The smallest absolute Gasteiger partial charge is 0.245 e. The molecule has 0 saturated heterocycles. The maximum absolute atomic E-state index is 12.1. The van der Waals surface area contributed by atoms with Crippen molar-refractivity contribution in [2.24, 2.45) is 7.05 Å². The summed E-state index contributed by atoms with van der Waals surface area (Å²) in [5, 5.41) is 8.10. The minimum Gasteiger partial charge on any atom is -0.381 e. The molecule has 0 aliphatic carbocycles. The maximum Gasteiger partial charge on any atom is 0.245 e. The Morgan fingerprint density at radius 3 is 2.70 bits per heavy atom. The number of aryl methyl sites for hydroxylation is 2. The number of hydrogen-bond donors (Lipinski definition) is 2. The number of nitrogens with zero attached hydrogens (tertiary/aromatic N) is 4. The van der Waals surface area contributed by atoms with Crippen molar-refractivity contribution in [3.8, 4) is 0 Å². The minimum absolute atomic E-state index is 0.0113. The molecule has 3 N–H and O–H groups in total. The van der Waals surface area contributed by atoms with E-state index in [2.05, 4.69) is 14.9 Å². The average molecular weight is 298 g/mol. The Morgan fingerprint density at radius 2 is 2.15 bits per heavy atom. The summed E-state index contributed by atoms with van der Waals surface area (Å²) in [4.78, 5) is 0.0142. The van der Waals surface area contributed by atoms with Gasteiger partial charge in [0.1, 0.15) is 4.90 Å². The molecule has 0 radical (unpaired) electrons. The van der Waals surface area contributed by atoms with E-state index in [0.29, 0.717) is 13.0 Å². The van der Waals surface area contributed by atoms with Crippen LogP contribution in [0.15, 0.2) is 23.4 Å². The van der Waals surface area contributed by atoms with Gasteiger partial charge >= 0.3 is 0 Å². The fourth-order valence-electron chi connectivity index (χ4n) is 1.77. The van der Waals surface area contributed by atoms with Gasteiger partial charge in [-0.1, -0.05) is 0 Å². The molecule has 8 nitrogen and oxygen atoms in total. The quantitative estimate of drug-likeness (QED) is 0.764. The third-order valence-electron chi connectivity index (χ3n) is 2.81. The molecule has 110 valence electrons. The number of anilines is 1. The summed E-state index contributed by atoms with van der Waals surface area (Å²) in [5.74, 6) is 0.0113. The molecule has 0 atom stereocenters. The standard InChI is InChI=1S/C11H18N6O2S/c1-3-17-8-10(11(12)15-17)20(18,19)13-6-4-9-5-7-16(2)14-9/h5,7-8,13H,3-4,6H2,1-2H3,(H2,12,15). The molecule has 0 aromatic carbocycles. The third-order valence-corrected chi connectivity index (χ3v) is 4.29. The third kappa shape index (κ3) is 3.17. The molecule has 0 fully saturated rings. The molecule has 9 heteroatoms. The highest BCUT2D eigenvalue weighted by molar-refractivity contribution is 7.89. The van der Waals surface area contributed by atoms with Gasteiger partial charge in [0.05, 0.1) is 5.69 Å². The van der Waals surface area contributed by atoms with Gasteiger partial charge in [-0.2, -0.15) is 10.2 Å². The van der Waals surface area contributed by atoms with Gasteiger partial charge in [0, 0.05) is 39.0 Å². The Kier molecular flexibility index (Phi) is 4.09. The van der Waals surface area contributed by atoms with Crippen LogP contribution in [0.25, 0.3) is 0 Å². The molecule has 0 aliphatic heterocycles. The number of rotatable bonds is 6. The van der Waals surface area contributed by atoms with Crippen LogP contribution >= 0.6 is 0 Å². The number of nitrogens with one attached hydrogen (secondary N) is 1. The first-order chi connectivity index (χ1) is 9.42. The Morgan fingerprint density at radius 1 is 1.40 bits per heavy atom. The van der Waals surface area contributed by atoms with E-state index in [1.54, 1.807) is 4.68 Å². The topological polar surface area (TPSA) is 108 Å². The summed E-state index contributed by atoms with van der Waals surface area (Å²) < 4.78 is 29.9. The Hall–Kier alpha value is -1.87. The van der Waals surface area contributed by atoms with Gasteiger partial charge < -0.3 is 5.73 Å². The van der Waals surface area contributed by atoms with E-state index >= 15 is 0 Å². The van der Waals surface area contributed by atoms with Crippen molar-refractivity contribution < 1.29 is 8.42 Å². The lowest BCUT2D eigenvalue weighted by molar-refractivity contribution is 0.580. The first kappa shape index (κ1) is 14.5. The van der Waals surface area contributed by atoms with Crippen LogP contribution in [0.5, 0.6) is 0 Å². The van der Waals surface area contributed by atoms with Gasteiger partial charge in [-0.3, -0.25) is 9.36 Å².